The van der Waals surface area contributed by atoms with Crippen LogP contribution in [-0.2, 0) is 6.42 Å². The predicted molar refractivity (Wildman–Crippen MR) is 74.3 cm³/mol. The molecule has 0 atom stereocenters. The van der Waals surface area contributed by atoms with Gasteiger partial charge in [0.15, 0.2) is 0 Å². The molecule has 1 aromatic carbocycles. The van der Waals surface area contributed by atoms with Crippen LogP contribution >= 0.6 is 15.9 Å². The second-order valence-corrected chi connectivity index (χ2v) is 4.94. The molecule has 0 fully saturated rings. The molecule has 0 aliphatic rings. The summed E-state index contributed by atoms with van der Waals surface area (Å²) in [5, 5.41) is 4.06. The van der Waals surface area contributed by atoms with Crippen LogP contribution in [-0.4, -0.2) is 19.6 Å². The molecule has 0 spiro atoms. The number of fused-ring (bicyclic) bond motifs is 1. The van der Waals surface area contributed by atoms with Crippen LogP contribution in [0.1, 0.15) is 12.6 Å². The second kappa shape index (κ2) is 5.16. The van der Waals surface area contributed by atoms with E-state index in [4.69, 9.17) is 4.74 Å². The first-order valence-electron chi connectivity index (χ1n) is 6.00. The van der Waals surface area contributed by atoms with Crippen molar-refractivity contribution in [1.82, 2.24) is 19.6 Å². The lowest BCUT2D eigenvalue weighted by Gasteiger charge is -2.08. The van der Waals surface area contributed by atoms with Gasteiger partial charge in [0.25, 0.3) is 5.78 Å². The number of aryl methyl sites for hydroxylation is 1. The molecule has 0 radical (unpaired) electrons. The summed E-state index contributed by atoms with van der Waals surface area (Å²) < 4.78 is 20.8. The molecule has 0 amide bonds. The van der Waals surface area contributed by atoms with E-state index in [1.165, 1.54) is 16.9 Å². The average Bonchev–Trinajstić information content (AvgIpc) is 2.91. The fourth-order valence-corrected chi connectivity index (χ4v) is 2.10. The molecule has 0 bridgehead atoms. The maximum Gasteiger partial charge on any atom is 0.255 e. The van der Waals surface area contributed by atoms with Crippen molar-refractivity contribution in [1.29, 1.82) is 0 Å². The average molecular weight is 337 g/mol. The van der Waals surface area contributed by atoms with Crippen molar-refractivity contribution in [3.05, 3.63) is 46.6 Å². The molecule has 5 nitrogen and oxygen atoms in total. The van der Waals surface area contributed by atoms with Crippen molar-refractivity contribution >= 4 is 21.7 Å². The molecule has 2 heterocycles. The van der Waals surface area contributed by atoms with Gasteiger partial charge in [0.05, 0.1) is 4.47 Å². The minimum absolute atomic E-state index is 0.341. The maximum atomic E-state index is 13.2. The molecule has 0 N–H and O–H groups in total. The fourth-order valence-electron chi connectivity index (χ4n) is 1.75. The Balaban J connectivity index is 2.04. The Morgan fingerprint density at radius 3 is 2.95 bits per heavy atom. The number of hydrogen-bond acceptors (Lipinski definition) is 4. The smallest absolute Gasteiger partial charge is 0.255 e. The van der Waals surface area contributed by atoms with E-state index in [-0.39, 0.29) is 5.82 Å². The first-order valence-corrected chi connectivity index (χ1v) is 6.79. The molecule has 2 aromatic heterocycles. The van der Waals surface area contributed by atoms with Gasteiger partial charge in [0.1, 0.15) is 17.9 Å². The Morgan fingerprint density at radius 2 is 2.20 bits per heavy atom. The zero-order chi connectivity index (χ0) is 14.1. The molecule has 0 unspecified atom stereocenters. The lowest BCUT2D eigenvalue weighted by atomic mass is 10.3. The number of rotatable bonds is 3. The van der Waals surface area contributed by atoms with Crippen molar-refractivity contribution in [3.8, 4) is 11.6 Å². The van der Waals surface area contributed by atoms with E-state index in [0.29, 0.717) is 21.9 Å². The van der Waals surface area contributed by atoms with Crippen LogP contribution < -0.4 is 4.74 Å². The van der Waals surface area contributed by atoms with E-state index in [9.17, 15) is 4.39 Å². The first-order chi connectivity index (χ1) is 9.67. The zero-order valence-electron chi connectivity index (χ0n) is 10.5. The van der Waals surface area contributed by atoms with Crippen molar-refractivity contribution in [3.63, 3.8) is 0 Å². The second-order valence-electron chi connectivity index (χ2n) is 4.09. The number of ether oxygens (including phenoxy) is 1. The van der Waals surface area contributed by atoms with Crippen LogP contribution in [0.15, 0.2) is 35.1 Å². The minimum Gasteiger partial charge on any atom is -0.439 e. The van der Waals surface area contributed by atoms with Gasteiger partial charge in [-0.25, -0.2) is 9.37 Å². The molecule has 7 heteroatoms. The summed E-state index contributed by atoms with van der Waals surface area (Å²) in [6, 6.07) is 6.23. The predicted octanol–water partition coefficient (Wildman–Crippen LogP) is 3.38. The number of hydrogen-bond donors (Lipinski definition) is 0. The summed E-state index contributed by atoms with van der Waals surface area (Å²) in [5.74, 6) is 1.12. The highest BCUT2D eigenvalue weighted by Gasteiger charge is 2.10. The number of benzene rings is 1. The topological polar surface area (TPSA) is 52.3 Å². The van der Waals surface area contributed by atoms with Crippen LogP contribution in [0.2, 0.25) is 0 Å². The highest BCUT2D eigenvalue weighted by Crippen LogP contribution is 2.26. The third-order valence-electron chi connectivity index (χ3n) is 2.75. The molecule has 0 aliphatic carbocycles. The molecule has 0 aliphatic heterocycles. The molecular formula is C13H10BrFN4O. The van der Waals surface area contributed by atoms with Gasteiger partial charge >= 0.3 is 0 Å². The van der Waals surface area contributed by atoms with Gasteiger partial charge in [-0.1, -0.05) is 6.92 Å². The molecule has 20 heavy (non-hydrogen) atoms. The normalized spacial score (nSPS) is 10.9. The molecule has 3 aromatic rings. The van der Waals surface area contributed by atoms with Crippen LogP contribution in [0, 0.1) is 5.82 Å². The molecule has 3 rings (SSSR count). The van der Waals surface area contributed by atoms with Crippen LogP contribution in [0.25, 0.3) is 5.78 Å². The summed E-state index contributed by atoms with van der Waals surface area (Å²) >= 11 is 3.13. The van der Waals surface area contributed by atoms with Crippen LogP contribution in [0.4, 0.5) is 4.39 Å². The Bertz CT molecular complexity index is 774. The van der Waals surface area contributed by atoms with Gasteiger partial charge < -0.3 is 4.74 Å². The lowest BCUT2D eigenvalue weighted by Crippen LogP contribution is -2.00. The minimum atomic E-state index is -0.341. The van der Waals surface area contributed by atoms with E-state index < -0.39 is 0 Å². The summed E-state index contributed by atoms with van der Waals surface area (Å²) in [6.45, 7) is 1.99. The quantitative estimate of drug-likeness (QED) is 0.735. The zero-order valence-corrected chi connectivity index (χ0v) is 12.1. The summed E-state index contributed by atoms with van der Waals surface area (Å²) in [7, 11) is 0. The first kappa shape index (κ1) is 13.0. The van der Waals surface area contributed by atoms with Gasteiger partial charge in [0, 0.05) is 11.8 Å². The summed E-state index contributed by atoms with van der Waals surface area (Å²) in [4.78, 5) is 8.38. The fraction of sp³-hybridized carbons (Fsp3) is 0.154. The van der Waals surface area contributed by atoms with Crippen LogP contribution in [0.3, 0.4) is 0 Å². The lowest BCUT2D eigenvalue weighted by molar-refractivity contribution is 0.443. The Hall–Kier alpha value is -2.02. The van der Waals surface area contributed by atoms with E-state index in [1.807, 2.05) is 6.92 Å². The van der Waals surface area contributed by atoms with Crippen LogP contribution in [0.5, 0.6) is 11.6 Å². The largest absolute Gasteiger partial charge is 0.439 e. The van der Waals surface area contributed by atoms with Crippen molar-refractivity contribution in [2.45, 2.75) is 13.3 Å². The van der Waals surface area contributed by atoms with E-state index in [1.54, 1.807) is 18.2 Å². The number of halogens is 2. The van der Waals surface area contributed by atoms with Gasteiger partial charge in [0.2, 0.25) is 5.88 Å². The Labute approximate surface area is 122 Å². The highest BCUT2D eigenvalue weighted by atomic mass is 79.9. The summed E-state index contributed by atoms with van der Waals surface area (Å²) in [5.41, 5.74) is 0.849. The van der Waals surface area contributed by atoms with Crippen molar-refractivity contribution in [2.75, 3.05) is 0 Å². The molecular weight excluding hydrogens is 327 g/mol. The SMILES string of the molecule is CCc1cc(Oc2ccc(F)c(Br)c2)n2ncnc2n1. The highest BCUT2D eigenvalue weighted by molar-refractivity contribution is 9.10. The standard InChI is InChI=1S/C13H10BrFN4O/c1-2-8-5-12(19-13(18-8)16-7-17-19)20-9-3-4-11(15)10(14)6-9/h3-7H,2H2,1H3. The van der Waals surface area contributed by atoms with E-state index >= 15 is 0 Å². The van der Waals surface area contributed by atoms with Crippen molar-refractivity contribution < 1.29 is 9.13 Å². The van der Waals surface area contributed by atoms with Gasteiger partial charge in [-0.2, -0.15) is 14.6 Å². The number of aromatic nitrogens is 4. The van der Waals surface area contributed by atoms with E-state index in [0.717, 1.165) is 12.1 Å². The number of nitrogens with zero attached hydrogens (tertiary/aromatic N) is 4. The molecule has 0 saturated heterocycles. The Morgan fingerprint density at radius 1 is 1.35 bits per heavy atom. The summed E-state index contributed by atoms with van der Waals surface area (Å²) in [6.07, 6.45) is 2.17. The molecule has 102 valence electrons. The third-order valence-corrected chi connectivity index (χ3v) is 3.36. The monoisotopic (exact) mass is 336 g/mol. The third kappa shape index (κ3) is 2.36. The molecule has 0 saturated carbocycles. The van der Waals surface area contributed by atoms with E-state index in [2.05, 4.69) is 31.0 Å². The van der Waals surface area contributed by atoms with Gasteiger partial charge in [-0.05, 0) is 40.5 Å². The maximum absolute atomic E-state index is 13.2. The Kier molecular flexibility index (Phi) is 3.35. The van der Waals surface area contributed by atoms with Gasteiger partial charge in [-0.15, -0.1) is 0 Å². The van der Waals surface area contributed by atoms with Gasteiger partial charge in [-0.3, -0.25) is 0 Å². The van der Waals surface area contributed by atoms with Crippen molar-refractivity contribution in [2.24, 2.45) is 0 Å².